The van der Waals surface area contributed by atoms with Crippen molar-refractivity contribution < 1.29 is 33.0 Å². The van der Waals surface area contributed by atoms with Gasteiger partial charge >= 0.3 is 6.09 Å². The molecule has 1 atom stereocenters. The molecule has 31 heavy (non-hydrogen) atoms. The molecule has 3 aromatic rings. The van der Waals surface area contributed by atoms with E-state index in [0.717, 1.165) is 6.07 Å². The number of pyridine rings is 1. The van der Waals surface area contributed by atoms with Crippen molar-refractivity contribution >= 4 is 22.6 Å². The van der Waals surface area contributed by atoms with E-state index >= 15 is 4.39 Å². The van der Waals surface area contributed by atoms with Crippen LogP contribution in [0.25, 0.3) is 10.8 Å². The zero-order valence-electron chi connectivity index (χ0n) is 17.0. The number of hydrogen-bond donors (Lipinski definition) is 2. The van der Waals surface area contributed by atoms with E-state index in [1.54, 1.807) is 25.1 Å². The average Bonchev–Trinajstić information content (AvgIpc) is 2.72. The van der Waals surface area contributed by atoms with Gasteiger partial charge in [0.1, 0.15) is 17.4 Å². The Morgan fingerprint density at radius 2 is 1.97 bits per heavy atom. The van der Waals surface area contributed by atoms with Crippen LogP contribution in [-0.4, -0.2) is 35.7 Å². The van der Waals surface area contributed by atoms with Crippen LogP contribution < -0.4 is 14.8 Å². The fourth-order valence-corrected chi connectivity index (χ4v) is 3.42. The van der Waals surface area contributed by atoms with Crippen molar-refractivity contribution in [2.24, 2.45) is 0 Å². The molecule has 1 aromatic heterocycles. The van der Waals surface area contributed by atoms with Crippen LogP contribution in [0.2, 0.25) is 0 Å². The molecular weight excluding hydrogens is 410 g/mol. The fourth-order valence-electron chi connectivity index (χ4n) is 3.42. The molecule has 0 aliphatic carbocycles. The number of methoxy groups -OCH3 is 1. The molecule has 0 aliphatic heterocycles. The SMILES string of the molecule is CCOc1nccc2c(C(=O)c3c(F)cc(OC)c(C(C)NC(=O)O)c3F)cccc12. The number of aromatic nitrogens is 1. The predicted octanol–water partition coefficient (Wildman–Crippen LogP) is 4.48. The van der Waals surface area contributed by atoms with Gasteiger partial charge in [-0.1, -0.05) is 12.1 Å². The normalized spacial score (nSPS) is 11.8. The highest BCUT2D eigenvalue weighted by Gasteiger charge is 2.29. The highest BCUT2D eigenvalue weighted by Crippen LogP contribution is 2.34. The summed E-state index contributed by atoms with van der Waals surface area (Å²) in [6.07, 6.45) is 0.0333. The van der Waals surface area contributed by atoms with Crippen LogP contribution >= 0.6 is 0 Å². The maximum atomic E-state index is 15.4. The monoisotopic (exact) mass is 430 g/mol. The summed E-state index contributed by atoms with van der Waals surface area (Å²) in [4.78, 5) is 28.4. The third-order valence-electron chi connectivity index (χ3n) is 4.73. The van der Waals surface area contributed by atoms with Gasteiger partial charge < -0.3 is 19.9 Å². The molecule has 1 unspecified atom stereocenters. The Kier molecular flexibility index (Phi) is 6.33. The molecular formula is C22H20F2N2O5. The number of nitrogens with zero attached hydrogens (tertiary/aromatic N) is 1. The number of rotatable bonds is 7. The number of nitrogens with one attached hydrogen (secondary N) is 1. The summed E-state index contributed by atoms with van der Waals surface area (Å²) < 4.78 is 40.7. The number of halogens is 2. The Labute approximate surface area is 176 Å². The largest absolute Gasteiger partial charge is 0.496 e. The molecule has 1 heterocycles. The topological polar surface area (TPSA) is 97.8 Å². The summed E-state index contributed by atoms with van der Waals surface area (Å²) in [6.45, 7) is 3.49. The second kappa shape index (κ2) is 8.95. The van der Waals surface area contributed by atoms with Gasteiger partial charge in [-0.25, -0.2) is 18.6 Å². The smallest absolute Gasteiger partial charge is 0.405 e. The van der Waals surface area contributed by atoms with Crippen molar-refractivity contribution in [3.05, 3.63) is 64.9 Å². The lowest BCUT2D eigenvalue weighted by atomic mass is 9.94. The van der Waals surface area contributed by atoms with Crippen LogP contribution in [0.4, 0.5) is 13.6 Å². The van der Waals surface area contributed by atoms with Crippen molar-refractivity contribution in [3.63, 3.8) is 0 Å². The minimum atomic E-state index is -1.41. The van der Waals surface area contributed by atoms with Crippen molar-refractivity contribution in [1.82, 2.24) is 10.3 Å². The number of amides is 1. The first-order valence-electron chi connectivity index (χ1n) is 9.40. The summed E-state index contributed by atoms with van der Waals surface area (Å²) in [5.74, 6) is -3.14. The van der Waals surface area contributed by atoms with Crippen LogP contribution in [0.15, 0.2) is 36.5 Å². The molecule has 9 heteroatoms. The molecule has 0 saturated heterocycles. The zero-order chi connectivity index (χ0) is 22.7. The van der Waals surface area contributed by atoms with Crippen LogP contribution in [0.5, 0.6) is 11.6 Å². The molecule has 3 rings (SSSR count). The summed E-state index contributed by atoms with van der Waals surface area (Å²) >= 11 is 0. The van der Waals surface area contributed by atoms with E-state index in [2.05, 4.69) is 10.3 Å². The van der Waals surface area contributed by atoms with E-state index in [4.69, 9.17) is 14.6 Å². The van der Waals surface area contributed by atoms with E-state index in [9.17, 15) is 14.0 Å². The first-order chi connectivity index (χ1) is 14.8. The number of ether oxygens (including phenoxy) is 2. The number of carboxylic acid groups (broad SMARTS) is 1. The van der Waals surface area contributed by atoms with Crippen molar-refractivity contribution in [1.29, 1.82) is 0 Å². The quantitative estimate of drug-likeness (QED) is 0.537. The van der Waals surface area contributed by atoms with Gasteiger partial charge in [-0.05, 0) is 31.4 Å². The fraction of sp³-hybridized carbons (Fsp3) is 0.227. The number of ketones is 1. The van der Waals surface area contributed by atoms with Crippen molar-refractivity contribution in [2.75, 3.05) is 13.7 Å². The van der Waals surface area contributed by atoms with Crippen molar-refractivity contribution in [2.45, 2.75) is 19.9 Å². The number of carbonyl (C=O) groups is 2. The third-order valence-corrected chi connectivity index (χ3v) is 4.73. The van der Waals surface area contributed by atoms with Gasteiger partial charge in [-0.3, -0.25) is 4.79 Å². The van der Waals surface area contributed by atoms with Gasteiger partial charge in [0.2, 0.25) is 5.88 Å². The summed E-state index contributed by atoms with van der Waals surface area (Å²) in [7, 11) is 1.19. The lowest BCUT2D eigenvalue weighted by molar-refractivity contribution is 0.103. The van der Waals surface area contributed by atoms with Gasteiger partial charge in [-0.2, -0.15) is 0 Å². The first kappa shape index (κ1) is 21.9. The number of benzene rings is 2. The van der Waals surface area contributed by atoms with E-state index in [0.29, 0.717) is 23.3 Å². The third kappa shape index (κ3) is 4.11. The maximum Gasteiger partial charge on any atom is 0.405 e. The van der Waals surface area contributed by atoms with Crippen molar-refractivity contribution in [3.8, 4) is 11.6 Å². The van der Waals surface area contributed by atoms with Crippen LogP contribution in [-0.2, 0) is 0 Å². The highest BCUT2D eigenvalue weighted by molar-refractivity contribution is 6.17. The lowest BCUT2D eigenvalue weighted by Gasteiger charge is -2.19. The molecule has 162 valence electrons. The van der Waals surface area contributed by atoms with Gasteiger partial charge in [0, 0.05) is 23.2 Å². The molecule has 7 nitrogen and oxygen atoms in total. The zero-order valence-corrected chi connectivity index (χ0v) is 17.0. The minimum Gasteiger partial charge on any atom is -0.496 e. The number of carbonyl (C=O) groups excluding carboxylic acids is 1. The van der Waals surface area contributed by atoms with Gasteiger partial charge in [0.25, 0.3) is 0 Å². The van der Waals surface area contributed by atoms with E-state index in [-0.39, 0.29) is 16.9 Å². The number of hydrogen-bond acceptors (Lipinski definition) is 5. The molecule has 1 amide bonds. The highest BCUT2D eigenvalue weighted by atomic mass is 19.1. The maximum absolute atomic E-state index is 15.4. The molecule has 0 radical (unpaired) electrons. The van der Waals surface area contributed by atoms with Gasteiger partial charge in [0.15, 0.2) is 5.78 Å². The molecule has 2 N–H and O–H groups in total. The van der Waals surface area contributed by atoms with Gasteiger partial charge in [-0.15, -0.1) is 0 Å². The molecule has 0 saturated carbocycles. The van der Waals surface area contributed by atoms with E-state index < -0.39 is 35.1 Å². The van der Waals surface area contributed by atoms with Crippen LogP contribution in [0, 0.1) is 11.6 Å². The molecule has 0 fully saturated rings. The molecule has 0 aliphatic rings. The Morgan fingerprint density at radius 3 is 2.61 bits per heavy atom. The van der Waals surface area contributed by atoms with Crippen LogP contribution in [0.3, 0.4) is 0 Å². The van der Waals surface area contributed by atoms with E-state index in [1.165, 1.54) is 26.3 Å². The average molecular weight is 430 g/mol. The second-order valence-corrected chi connectivity index (χ2v) is 6.61. The molecule has 0 spiro atoms. The summed E-state index contributed by atoms with van der Waals surface area (Å²) in [6, 6.07) is 6.02. The second-order valence-electron chi connectivity index (χ2n) is 6.61. The van der Waals surface area contributed by atoms with Gasteiger partial charge in [0.05, 0.1) is 30.9 Å². The standard InChI is InChI=1S/C22H20F2N2O5/c1-4-31-21-14-7-5-6-13(12(14)8-9-25-21)20(27)18-15(23)10-16(30-3)17(19(18)24)11(2)26-22(28)29/h5-11,26H,4H2,1-3H3,(H,28,29). The molecule has 2 aromatic carbocycles. The summed E-state index contributed by atoms with van der Waals surface area (Å²) in [5.41, 5.74) is -1.03. The summed E-state index contributed by atoms with van der Waals surface area (Å²) in [5, 5.41) is 12.0. The van der Waals surface area contributed by atoms with Crippen LogP contribution in [0.1, 0.15) is 41.4 Å². The minimum absolute atomic E-state index is 0.0496. The Balaban J connectivity index is 2.21. The Bertz CT molecular complexity index is 1170. The first-order valence-corrected chi connectivity index (χ1v) is 9.40. The lowest BCUT2D eigenvalue weighted by Crippen LogP contribution is -2.26. The Hall–Kier alpha value is -3.75. The Morgan fingerprint density at radius 1 is 1.23 bits per heavy atom. The van der Waals surface area contributed by atoms with E-state index in [1.807, 2.05) is 0 Å². The molecule has 0 bridgehead atoms. The predicted molar refractivity (Wildman–Crippen MR) is 109 cm³/mol. The number of fused-ring (bicyclic) bond motifs is 1.